The first-order valence-corrected chi connectivity index (χ1v) is 7.79. The van der Waals surface area contributed by atoms with Gasteiger partial charge in [-0.05, 0) is 37.8 Å². The molecule has 22 heavy (non-hydrogen) atoms. The maximum Gasteiger partial charge on any atom is 0.274 e. The van der Waals surface area contributed by atoms with Gasteiger partial charge in [0.25, 0.3) is 5.91 Å². The van der Waals surface area contributed by atoms with Crippen LogP contribution in [-0.4, -0.2) is 44.9 Å². The molecule has 0 unspecified atom stereocenters. The smallest absolute Gasteiger partial charge is 0.274 e. The van der Waals surface area contributed by atoms with E-state index in [2.05, 4.69) is 18.1 Å². The number of para-hydroxylation sites is 1. The van der Waals surface area contributed by atoms with Crippen molar-refractivity contribution in [3.05, 3.63) is 46.8 Å². The summed E-state index contributed by atoms with van der Waals surface area (Å²) in [6, 6.07) is 8.11. The fourth-order valence-electron chi connectivity index (χ4n) is 3.38. The Balaban J connectivity index is 1.77. The second-order valence-corrected chi connectivity index (χ2v) is 6.19. The highest BCUT2D eigenvalue weighted by molar-refractivity contribution is 5.95. The van der Waals surface area contributed by atoms with Crippen LogP contribution in [0.5, 0.6) is 0 Å². The van der Waals surface area contributed by atoms with E-state index in [1.54, 1.807) is 4.90 Å². The highest BCUT2D eigenvalue weighted by Gasteiger charge is 2.35. The summed E-state index contributed by atoms with van der Waals surface area (Å²) in [6.07, 6.45) is 2.57. The number of likely N-dealkylation sites (tertiary alicyclic amines) is 1. The van der Waals surface area contributed by atoms with Crippen molar-refractivity contribution in [2.75, 3.05) is 13.1 Å². The number of hydrogen-bond donors (Lipinski definition) is 1. The third-order valence-corrected chi connectivity index (χ3v) is 4.63. The summed E-state index contributed by atoms with van der Waals surface area (Å²) < 4.78 is 1.95. The lowest BCUT2D eigenvalue weighted by Crippen LogP contribution is -2.53. The van der Waals surface area contributed by atoms with E-state index in [-0.39, 0.29) is 12.0 Å². The number of aliphatic hydroxyl groups excluding tert-OH is 1. The van der Waals surface area contributed by atoms with Crippen molar-refractivity contribution in [1.82, 2.24) is 14.7 Å². The van der Waals surface area contributed by atoms with Crippen molar-refractivity contribution in [1.29, 1.82) is 0 Å². The van der Waals surface area contributed by atoms with Crippen LogP contribution in [0, 0.1) is 6.92 Å². The van der Waals surface area contributed by atoms with Gasteiger partial charge in [-0.25, -0.2) is 4.68 Å². The zero-order chi connectivity index (χ0) is 15.3. The first-order chi connectivity index (χ1) is 10.6. The van der Waals surface area contributed by atoms with E-state index in [0.29, 0.717) is 18.8 Å². The standard InChI is InChI=1S/C17H19N3O2/c1-11-5-2-3-7-14(11)20-15-8-4-6-13(15)16(18-20)17(22)19-9-12(21)10-19/h2-3,5,7,12,21H,4,6,8-10H2,1H3. The summed E-state index contributed by atoms with van der Waals surface area (Å²) in [5.41, 5.74) is 5.03. The molecule has 0 spiro atoms. The molecule has 114 valence electrons. The minimum absolute atomic E-state index is 0.0456. The summed E-state index contributed by atoms with van der Waals surface area (Å²) in [6.45, 7) is 2.90. The number of rotatable bonds is 2. The van der Waals surface area contributed by atoms with E-state index in [9.17, 15) is 9.90 Å². The third kappa shape index (κ3) is 1.96. The van der Waals surface area contributed by atoms with Crippen LogP contribution in [0.1, 0.15) is 33.7 Å². The Hall–Kier alpha value is -2.14. The van der Waals surface area contributed by atoms with Gasteiger partial charge >= 0.3 is 0 Å². The number of aliphatic hydroxyl groups is 1. The Bertz CT molecular complexity index is 744. The lowest BCUT2D eigenvalue weighted by atomic mass is 10.1. The highest BCUT2D eigenvalue weighted by Crippen LogP contribution is 2.30. The molecule has 1 aliphatic carbocycles. The molecule has 1 aromatic carbocycles. The summed E-state index contributed by atoms with van der Waals surface area (Å²) in [4.78, 5) is 14.3. The van der Waals surface area contributed by atoms with Gasteiger partial charge in [-0.3, -0.25) is 4.79 Å². The summed E-state index contributed by atoms with van der Waals surface area (Å²) in [5, 5.41) is 14.0. The lowest BCUT2D eigenvalue weighted by Gasteiger charge is -2.35. The molecule has 1 aromatic heterocycles. The fourth-order valence-corrected chi connectivity index (χ4v) is 3.38. The molecule has 2 heterocycles. The number of aryl methyl sites for hydroxylation is 1. The van der Waals surface area contributed by atoms with Gasteiger partial charge in [0.2, 0.25) is 0 Å². The van der Waals surface area contributed by atoms with Crippen molar-refractivity contribution in [3.63, 3.8) is 0 Å². The van der Waals surface area contributed by atoms with Gasteiger partial charge in [0.1, 0.15) is 0 Å². The van der Waals surface area contributed by atoms with Crippen molar-refractivity contribution >= 4 is 5.91 Å². The molecule has 0 saturated carbocycles. The van der Waals surface area contributed by atoms with Crippen LogP contribution in [0.3, 0.4) is 0 Å². The average Bonchev–Trinajstić information content (AvgIpc) is 3.06. The Morgan fingerprint density at radius 3 is 2.77 bits per heavy atom. The van der Waals surface area contributed by atoms with E-state index in [0.717, 1.165) is 36.1 Å². The molecule has 5 heteroatoms. The largest absolute Gasteiger partial charge is 0.389 e. The van der Waals surface area contributed by atoms with Crippen LogP contribution in [-0.2, 0) is 12.8 Å². The fraction of sp³-hybridized carbons (Fsp3) is 0.412. The molecule has 2 aromatic rings. The molecular weight excluding hydrogens is 278 g/mol. The summed E-state index contributed by atoms with van der Waals surface area (Å²) in [5.74, 6) is -0.0456. The van der Waals surface area contributed by atoms with Gasteiger partial charge in [0, 0.05) is 24.3 Å². The van der Waals surface area contributed by atoms with E-state index in [1.807, 2.05) is 22.9 Å². The number of aromatic nitrogens is 2. The normalized spacial score (nSPS) is 17.5. The molecule has 0 radical (unpaired) electrons. The monoisotopic (exact) mass is 297 g/mol. The Morgan fingerprint density at radius 2 is 2.05 bits per heavy atom. The number of benzene rings is 1. The van der Waals surface area contributed by atoms with Crippen molar-refractivity contribution in [3.8, 4) is 5.69 Å². The Kier molecular flexibility index (Phi) is 3.04. The summed E-state index contributed by atoms with van der Waals surface area (Å²) >= 11 is 0. The molecule has 4 rings (SSSR count). The number of carbonyl (C=O) groups is 1. The van der Waals surface area contributed by atoms with Gasteiger partial charge in [0.05, 0.1) is 11.8 Å². The number of nitrogens with zero attached hydrogens (tertiary/aromatic N) is 3. The molecule has 1 amide bonds. The SMILES string of the molecule is Cc1ccccc1-n1nc(C(=O)N2CC(O)C2)c2c1CCC2. The Morgan fingerprint density at radius 1 is 1.27 bits per heavy atom. The second kappa shape index (κ2) is 4.95. The first-order valence-electron chi connectivity index (χ1n) is 7.79. The van der Waals surface area contributed by atoms with Gasteiger partial charge in [-0.1, -0.05) is 18.2 Å². The van der Waals surface area contributed by atoms with Crippen LogP contribution in [0.4, 0.5) is 0 Å². The maximum absolute atomic E-state index is 12.6. The number of amides is 1. The molecular formula is C17H19N3O2. The zero-order valence-corrected chi connectivity index (χ0v) is 12.6. The molecule has 1 fully saturated rings. The van der Waals surface area contributed by atoms with Crippen LogP contribution >= 0.6 is 0 Å². The predicted octanol–water partition coefficient (Wildman–Crippen LogP) is 1.49. The quantitative estimate of drug-likeness (QED) is 0.913. The molecule has 5 nitrogen and oxygen atoms in total. The predicted molar refractivity (Wildman–Crippen MR) is 82.2 cm³/mol. The van der Waals surface area contributed by atoms with Gasteiger partial charge < -0.3 is 10.0 Å². The van der Waals surface area contributed by atoms with Crippen molar-refractivity contribution < 1.29 is 9.90 Å². The molecule has 0 atom stereocenters. The molecule has 0 bridgehead atoms. The number of fused-ring (bicyclic) bond motifs is 1. The molecule has 1 saturated heterocycles. The first kappa shape index (κ1) is 13.5. The highest BCUT2D eigenvalue weighted by atomic mass is 16.3. The minimum Gasteiger partial charge on any atom is -0.389 e. The van der Waals surface area contributed by atoms with Gasteiger partial charge in [-0.15, -0.1) is 0 Å². The van der Waals surface area contributed by atoms with Gasteiger partial charge in [-0.2, -0.15) is 5.10 Å². The number of carbonyl (C=O) groups excluding carboxylic acids is 1. The Labute approximate surface area is 129 Å². The lowest BCUT2D eigenvalue weighted by molar-refractivity contribution is 0.00540. The maximum atomic E-state index is 12.6. The van der Waals surface area contributed by atoms with Crippen LogP contribution < -0.4 is 0 Å². The summed E-state index contributed by atoms with van der Waals surface area (Å²) in [7, 11) is 0. The minimum atomic E-state index is -0.379. The number of hydrogen-bond acceptors (Lipinski definition) is 3. The van der Waals surface area contributed by atoms with Crippen LogP contribution in [0.25, 0.3) is 5.69 Å². The van der Waals surface area contributed by atoms with Crippen LogP contribution in [0.2, 0.25) is 0 Å². The number of β-amino-alcohol motifs (C(OH)–C–C–N with tert-alkyl or cyclic N) is 1. The van der Waals surface area contributed by atoms with E-state index in [1.165, 1.54) is 5.69 Å². The molecule has 1 N–H and O–H groups in total. The van der Waals surface area contributed by atoms with Gasteiger partial charge in [0.15, 0.2) is 5.69 Å². The van der Waals surface area contributed by atoms with E-state index in [4.69, 9.17) is 0 Å². The second-order valence-electron chi connectivity index (χ2n) is 6.19. The van der Waals surface area contributed by atoms with Crippen molar-refractivity contribution in [2.45, 2.75) is 32.3 Å². The van der Waals surface area contributed by atoms with Crippen molar-refractivity contribution in [2.24, 2.45) is 0 Å². The van der Waals surface area contributed by atoms with Crippen LogP contribution in [0.15, 0.2) is 24.3 Å². The van der Waals surface area contributed by atoms with E-state index < -0.39 is 0 Å². The molecule has 1 aliphatic heterocycles. The van der Waals surface area contributed by atoms with E-state index >= 15 is 0 Å². The topological polar surface area (TPSA) is 58.4 Å². The zero-order valence-electron chi connectivity index (χ0n) is 12.6. The molecule has 2 aliphatic rings. The third-order valence-electron chi connectivity index (χ3n) is 4.63. The average molecular weight is 297 g/mol.